The van der Waals surface area contributed by atoms with Gasteiger partial charge < -0.3 is 10.4 Å². The summed E-state index contributed by atoms with van der Waals surface area (Å²) in [5.41, 5.74) is -1.61. The maximum Gasteiger partial charge on any atom is 0.328 e. The molecule has 27 heavy (non-hydrogen) atoms. The highest BCUT2D eigenvalue weighted by molar-refractivity contribution is 6.30. The van der Waals surface area contributed by atoms with Crippen LogP contribution in [-0.4, -0.2) is 39.9 Å². The first-order valence-electron chi connectivity index (χ1n) is 8.18. The van der Waals surface area contributed by atoms with Crippen molar-refractivity contribution in [1.82, 2.24) is 4.90 Å². The Hall–Kier alpha value is -2.77. The Bertz CT molecular complexity index is 886. The SMILES string of the molecule is O=C(Nc1ccccc1)N1CCC(O)(C(=O)Cc2cc(F)cc(Cl)c2)C1=O. The summed E-state index contributed by atoms with van der Waals surface area (Å²) in [5, 5.41) is 13.2. The molecule has 1 aliphatic heterocycles. The first kappa shape index (κ1) is 19.0. The number of carbonyl (C=O) groups is 3. The van der Waals surface area contributed by atoms with Crippen LogP contribution in [0.2, 0.25) is 5.02 Å². The second kappa shape index (κ2) is 7.46. The van der Waals surface area contributed by atoms with Gasteiger partial charge in [-0.15, -0.1) is 0 Å². The van der Waals surface area contributed by atoms with Crippen molar-refractivity contribution in [2.75, 3.05) is 11.9 Å². The molecule has 1 saturated heterocycles. The van der Waals surface area contributed by atoms with E-state index in [2.05, 4.69) is 5.32 Å². The molecule has 0 saturated carbocycles. The van der Waals surface area contributed by atoms with E-state index in [0.29, 0.717) is 5.69 Å². The van der Waals surface area contributed by atoms with Crippen molar-refractivity contribution in [2.24, 2.45) is 0 Å². The number of likely N-dealkylation sites (tertiary alicyclic amines) is 1. The molecule has 0 spiro atoms. The van der Waals surface area contributed by atoms with Crippen LogP contribution < -0.4 is 5.32 Å². The van der Waals surface area contributed by atoms with E-state index in [4.69, 9.17) is 11.6 Å². The van der Waals surface area contributed by atoms with Crippen LogP contribution in [0.4, 0.5) is 14.9 Å². The molecule has 1 atom stereocenters. The standard InChI is InChI=1S/C19H16ClFN2O4/c20-13-8-12(9-14(21)11-13)10-16(24)19(27)6-7-23(17(19)25)18(26)22-15-4-2-1-3-5-15/h1-5,8-9,11,27H,6-7,10H2,(H,22,26). The zero-order valence-electron chi connectivity index (χ0n) is 14.1. The molecule has 2 aromatic rings. The van der Waals surface area contributed by atoms with E-state index in [-0.39, 0.29) is 30.0 Å². The molecule has 2 aromatic carbocycles. The van der Waals surface area contributed by atoms with Gasteiger partial charge in [-0.3, -0.25) is 14.5 Å². The molecule has 140 valence electrons. The average Bonchev–Trinajstić information content (AvgIpc) is 2.91. The van der Waals surface area contributed by atoms with Gasteiger partial charge >= 0.3 is 6.03 Å². The molecular weight excluding hydrogens is 375 g/mol. The summed E-state index contributed by atoms with van der Waals surface area (Å²) >= 11 is 5.76. The summed E-state index contributed by atoms with van der Waals surface area (Å²) in [7, 11) is 0. The lowest BCUT2D eigenvalue weighted by Gasteiger charge is -2.20. The Labute approximate surface area is 159 Å². The van der Waals surface area contributed by atoms with Gasteiger partial charge in [0.2, 0.25) is 5.60 Å². The number of para-hydroxylation sites is 1. The molecule has 1 aliphatic rings. The van der Waals surface area contributed by atoms with Gasteiger partial charge in [-0.2, -0.15) is 0 Å². The Kier molecular flexibility index (Phi) is 5.25. The van der Waals surface area contributed by atoms with Gasteiger partial charge in [-0.1, -0.05) is 29.8 Å². The first-order valence-corrected chi connectivity index (χ1v) is 8.56. The van der Waals surface area contributed by atoms with Gasteiger partial charge in [0.1, 0.15) is 5.82 Å². The van der Waals surface area contributed by atoms with Gasteiger partial charge in [-0.25, -0.2) is 9.18 Å². The van der Waals surface area contributed by atoms with E-state index in [0.717, 1.165) is 17.0 Å². The van der Waals surface area contributed by atoms with Gasteiger partial charge in [0.05, 0.1) is 0 Å². The summed E-state index contributed by atoms with van der Waals surface area (Å²) in [6.07, 6.45) is -0.607. The van der Waals surface area contributed by atoms with Crippen molar-refractivity contribution in [3.05, 3.63) is 64.9 Å². The van der Waals surface area contributed by atoms with Gasteiger partial charge in [0.25, 0.3) is 5.91 Å². The van der Waals surface area contributed by atoms with Crippen LogP contribution in [0.5, 0.6) is 0 Å². The number of benzene rings is 2. The number of rotatable bonds is 4. The summed E-state index contributed by atoms with van der Waals surface area (Å²) in [6, 6.07) is 11.3. The highest BCUT2D eigenvalue weighted by Crippen LogP contribution is 2.27. The Morgan fingerprint density at radius 2 is 1.93 bits per heavy atom. The lowest BCUT2D eigenvalue weighted by Crippen LogP contribution is -2.49. The van der Waals surface area contributed by atoms with Crippen LogP contribution in [0.15, 0.2) is 48.5 Å². The first-order chi connectivity index (χ1) is 12.8. The number of aliphatic hydroxyl groups is 1. The van der Waals surface area contributed by atoms with Crippen molar-refractivity contribution in [3.63, 3.8) is 0 Å². The Morgan fingerprint density at radius 1 is 1.22 bits per heavy atom. The van der Waals surface area contributed by atoms with Gasteiger partial charge in [-0.05, 0) is 35.9 Å². The minimum absolute atomic E-state index is 0.103. The number of nitrogens with zero attached hydrogens (tertiary/aromatic N) is 1. The molecule has 0 bridgehead atoms. The van der Waals surface area contributed by atoms with Crippen molar-refractivity contribution in [3.8, 4) is 0 Å². The van der Waals surface area contributed by atoms with Crippen LogP contribution in [0.25, 0.3) is 0 Å². The summed E-state index contributed by atoms with van der Waals surface area (Å²) in [5.74, 6) is -2.44. The number of Topliss-reactive ketones (excluding diaryl/α,β-unsaturated/α-hetero) is 1. The second-order valence-electron chi connectivity index (χ2n) is 6.24. The number of amides is 3. The molecule has 3 amide bonds. The van der Waals surface area contributed by atoms with E-state index >= 15 is 0 Å². The van der Waals surface area contributed by atoms with Crippen molar-refractivity contribution < 1.29 is 23.9 Å². The largest absolute Gasteiger partial charge is 0.373 e. The number of halogens is 2. The molecular formula is C19H16ClFN2O4. The van der Waals surface area contributed by atoms with Crippen LogP contribution in [0.3, 0.4) is 0 Å². The van der Waals surface area contributed by atoms with E-state index in [1.54, 1.807) is 30.3 Å². The quantitative estimate of drug-likeness (QED) is 0.786. The molecule has 6 nitrogen and oxygen atoms in total. The minimum atomic E-state index is -2.33. The van der Waals surface area contributed by atoms with Crippen molar-refractivity contribution >= 4 is 35.0 Å². The van der Waals surface area contributed by atoms with Gasteiger partial charge in [0, 0.05) is 30.1 Å². The van der Waals surface area contributed by atoms with E-state index < -0.39 is 29.1 Å². The number of hydrogen-bond acceptors (Lipinski definition) is 4. The third-order valence-electron chi connectivity index (χ3n) is 4.31. The molecule has 8 heteroatoms. The third kappa shape index (κ3) is 3.99. The van der Waals surface area contributed by atoms with Crippen LogP contribution in [0.1, 0.15) is 12.0 Å². The summed E-state index contributed by atoms with van der Waals surface area (Å²) in [6.45, 7) is -0.107. The number of urea groups is 1. The van der Waals surface area contributed by atoms with Crippen molar-refractivity contribution in [1.29, 1.82) is 0 Å². The number of anilines is 1. The summed E-state index contributed by atoms with van der Waals surface area (Å²) in [4.78, 5) is 38.1. The monoisotopic (exact) mass is 390 g/mol. The number of ketones is 1. The van der Waals surface area contributed by atoms with E-state index in [1.165, 1.54) is 6.07 Å². The summed E-state index contributed by atoms with van der Waals surface area (Å²) < 4.78 is 13.4. The number of imide groups is 1. The second-order valence-corrected chi connectivity index (χ2v) is 6.68. The number of carbonyl (C=O) groups excluding carboxylic acids is 3. The molecule has 3 rings (SSSR count). The topological polar surface area (TPSA) is 86.7 Å². The lowest BCUT2D eigenvalue weighted by molar-refractivity contribution is -0.151. The van der Waals surface area contributed by atoms with E-state index in [1.807, 2.05) is 0 Å². The number of hydrogen-bond donors (Lipinski definition) is 2. The fourth-order valence-electron chi connectivity index (χ4n) is 2.91. The smallest absolute Gasteiger partial charge is 0.328 e. The zero-order chi connectivity index (χ0) is 19.6. The average molecular weight is 391 g/mol. The number of nitrogens with one attached hydrogen (secondary N) is 1. The minimum Gasteiger partial charge on any atom is -0.373 e. The van der Waals surface area contributed by atoms with E-state index in [9.17, 15) is 23.9 Å². The van der Waals surface area contributed by atoms with Crippen LogP contribution >= 0.6 is 11.6 Å². The molecule has 0 radical (unpaired) electrons. The predicted octanol–water partition coefficient (Wildman–Crippen LogP) is 2.79. The molecule has 0 aliphatic carbocycles. The maximum atomic E-state index is 13.4. The van der Waals surface area contributed by atoms with Crippen LogP contribution in [-0.2, 0) is 16.0 Å². The third-order valence-corrected chi connectivity index (χ3v) is 4.53. The fraction of sp³-hybridized carbons (Fsp3) is 0.211. The molecule has 1 heterocycles. The normalized spacial score (nSPS) is 19.2. The Balaban J connectivity index is 1.71. The Morgan fingerprint density at radius 3 is 2.59 bits per heavy atom. The van der Waals surface area contributed by atoms with Gasteiger partial charge in [0.15, 0.2) is 5.78 Å². The highest BCUT2D eigenvalue weighted by atomic mass is 35.5. The maximum absolute atomic E-state index is 13.4. The zero-order valence-corrected chi connectivity index (χ0v) is 14.9. The molecule has 0 aromatic heterocycles. The molecule has 1 unspecified atom stereocenters. The molecule has 1 fully saturated rings. The highest BCUT2D eigenvalue weighted by Gasteiger charge is 2.52. The van der Waals surface area contributed by atoms with Crippen molar-refractivity contribution in [2.45, 2.75) is 18.4 Å². The van der Waals surface area contributed by atoms with Crippen LogP contribution in [0, 0.1) is 5.82 Å². The molecule has 2 N–H and O–H groups in total. The fourth-order valence-corrected chi connectivity index (χ4v) is 3.16. The predicted molar refractivity (Wildman–Crippen MR) is 96.9 cm³/mol. The lowest BCUT2D eigenvalue weighted by atomic mass is 9.92.